The van der Waals surface area contributed by atoms with Crippen LogP contribution in [0.3, 0.4) is 0 Å². The van der Waals surface area contributed by atoms with Gasteiger partial charge in [-0.25, -0.2) is 0 Å². The average Bonchev–Trinajstić information content (AvgIpc) is 2.85. The molecule has 0 spiro atoms. The first-order chi connectivity index (χ1) is 11.5. The van der Waals surface area contributed by atoms with Crippen molar-refractivity contribution in [1.82, 2.24) is 14.7 Å². The summed E-state index contributed by atoms with van der Waals surface area (Å²) in [4.78, 5) is 14.9. The van der Waals surface area contributed by atoms with Crippen molar-refractivity contribution in [2.24, 2.45) is 7.05 Å². The van der Waals surface area contributed by atoms with Gasteiger partial charge >= 0.3 is 0 Å². The second-order valence-corrected chi connectivity index (χ2v) is 7.15. The number of amides is 1. The minimum atomic E-state index is -0.200. The third-order valence-corrected chi connectivity index (χ3v) is 5.49. The van der Waals surface area contributed by atoms with E-state index in [9.17, 15) is 4.79 Å². The van der Waals surface area contributed by atoms with Gasteiger partial charge in [-0.3, -0.25) is 14.4 Å². The fourth-order valence-electron chi connectivity index (χ4n) is 2.99. The summed E-state index contributed by atoms with van der Waals surface area (Å²) in [6.07, 6.45) is 3.95. The van der Waals surface area contributed by atoms with E-state index < -0.39 is 0 Å². The molecule has 1 N–H and O–H groups in total. The van der Waals surface area contributed by atoms with E-state index in [2.05, 4.69) is 43.4 Å². The fraction of sp³-hybridized carbons (Fsp3) is 0.444. The molecule has 6 heteroatoms. The fourth-order valence-corrected chi connectivity index (χ4v) is 3.50. The summed E-state index contributed by atoms with van der Waals surface area (Å²) >= 11 is 3.43. The summed E-state index contributed by atoms with van der Waals surface area (Å²) < 4.78 is 2.44. The van der Waals surface area contributed by atoms with E-state index >= 15 is 0 Å². The Kier molecular flexibility index (Phi) is 5.36. The molecule has 1 aromatic carbocycles. The number of nitrogens with one attached hydrogen (secondary N) is 1. The van der Waals surface area contributed by atoms with Crippen molar-refractivity contribution >= 4 is 27.5 Å². The van der Waals surface area contributed by atoms with E-state index in [4.69, 9.17) is 0 Å². The predicted octanol–water partition coefficient (Wildman–Crippen LogP) is 3.73. The number of rotatable bonds is 4. The van der Waals surface area contributed by atoms with Crippen LogP contribution in [-0.4, -0.2) is 33.7 Å². The van der Waals surface area contributed by atoms with Crippen molar-refractivity contribution in [3.8, 4) is 0 Å². The van der Waals surface area contributed by atoms with E-state index in [-0.39, 0.29) is 5.91 Å². The van der Waals surface area contributed by atoms with Gasteiger partial charge in [0.1, 0.15) is 0 Å². The molecule has 0 radical (unpaired) electrons. The molecule has 0 saturated carbocycles. The number of carbonyl (C=O) groups is 1. The molecule has 1 aliphatic heterocycles. The minimum absolute atomic E-state index is 0.200. The van der Waals surface area contributed by atoms with Crippen molar-refractivity contribution in [1.29, 1.82) is 0 Å². The quantitative estimate of drug-likeness (QED) is 0.864. The molecule has 1 saturated heterocycles. The van der Waals surface area contributed by atoms with Crippen LogP contribution in [0.25, 0.3) is 0 Å². The monoisotopic (exact) mass is 390 g/mol. The van der Waals surface area contributed by atoms with Gasteiger partial charge in [-0.1, -0.05) is 18.6 Å². The number of hydrogen-bond donors (Lipinski definition) is 1. The standard InChI is InChI=1S/C18H23BrN4O/c1-13-16(19)17(21-22(13)2)18(24)20-15-8-6-14(7-9-15)12-23-10-4-3-5-11-23/h6-9H,3-5,10-12H2,1-2H3,(H,20,24). The maximum Gasteiger partial charge on any atom is 0.277 e. The second kappa shape index (κ2) is 7.49. The van der Waals surface area contributed by atoms with Crippen LogP contribution in [-0.2, 0) is 13.6 Å². The second-order valence-electron chi connectivity index (χ2n) is 6.36. The summed E-state index contributed by atoms with van der Waals surface area (Å²) in [5.41, 5.74) is 3.41. The number of aryl methyl sites for hydroxylation is 1. The molecule has 2 aromatic rings. The Bertz CT molecular complexity index is 717. The number of aromatic nitrogens is 2. The van der Waals surface area contributed by atoms with Gasteiger partial charge in [0, 0.05) is 19.3 Å². The third-order valence-electron chi connectivity index (χ3n) is 4.54. The van der Waals surface area contributed by atoms with Gasteiger partial charge in [0.15, 0.2) is 5.69 Å². The zero-order valence-electron chi connectivity index (χ0n) is 14.2. The van der Waals surface area contributed by atoms with Crippen LogP contribution < -0.4 is 5.32 Å². The number of anilines is 1. The number of halogens is 1. The predicted molar refractivity (Wildman–Crippen MR) is 99.2 cm³/mol. The first kappa shape index (κ1) is 17.2. The van der Waals surface area contributed by atoms with Crippen molar-refractivity contribution in [2.45, 2.75) is 32.7 Å². The lowest BCUT2D eigenvalue weighted by Gasteiger charge is -2.26. The minimum Gasteiger partial charge on any atom is -0.321 e. The summed E-state index contributed by atoms with van der Waals surface area (Å²) in [7, 11) is 1.83. The van der Waals surface area contributed by atoms with Gasteiger partial charge in [-0.2, -0.15) is 5.10 Å². The highest BCUT2D eigenvalue weighted by molar-refractivity contribution is 9.10. The molecule has 128 valence electrons. The van der Waals surface area contributed by atoms with Crippen molar-refractivity contribution in [2.75, 3.05) is 18.4 Å². The zero-order chi connectivity index (χ0) is 17.1. The van der Waals surface area contributed by atoms with E-state index in [0.29, 0.717) is 5.69 Å². The molecule has 0 aliphatic carbocycles. The van der Waals surface area contributed by atoms with E-state index in [1.807, 2.05) is 26.1 Å². The normalized spacial score (nSPS) is 15.5. The molecule has 3 rings (SSSR count). The van der Waals surface area contributed by atoms with Gasteiger partial charge in [-0.05, 0) is 66.5 Å². The molecule has 24 heavy (non-hydrogen) atoms. The molecule has 1 aromatic heterocycles. The zero-order valence-corrected chi connectivity index (χ0v) is 15.8. The largest absolute Gasteiger partial charge is 0.321 e. The van der Waals surface area contributed by atoms with Crippen LogP contribution in [0.2, 0.25) is 0 Å². The Hall–Kier alpha value is -1.66. The van der Waals surface area contributed by atoms with Crippen LogP contribution in [0, 0.1) is 6.92 Å². The van der Waals surface area contributed by atoms with Gasteiger partial charge in [0.05, 0.1) is 10.2 Å². The van der Waals surface area contributed by atoms with E-state index in [1.54, 1.807) is 4.68 Å². The number of piperidine rings is 1. The topological polar surface area (TPSA) is 50.2 Å². The Labute approximate surface area is 151 Å². The lowest BCUT2D eigenvalue weighted by molar-refractivity contribution is 0.102. The van der Waals surface area contributed by atoms with Crippen LogP contribution >= 0.6 is 15.9 Å². The highest BCUT2D eigenvalue weighted by Crippen LogP contribution is 2.21. The SMILES string of the molecule is Cc1c(Br)c(C(=O)Nc2ccc(CN3CCCCC3)cc2)nn1C. The highest BCUT2D eigenvalue weighted by atomic mass is 79.9. The smallest absolute Gasteiger partial charge is 0.277 e. The van der Waals surface area contributed by atoms with Crippen molar-refractivity contribution in [3.05, 3.63) is 45.7 Å². The van der Waals surface area contributed by atoms with Gasteiger partial charge in [0.2, 0.25) is 0 Å². The molecular weight excluding hydrogens is 368 g/mol. The molecule has 1 aliphatic rings. The maximum absolute atomic E-state index is 12.4. The number of benzene rings is 1. The van der Waals surface area contributed by atoms with Gasteiger partial charge in [0.25, 0.3) is 5.91 Å². The van der Waals surface area contributed by atoms with Gasteiger partial charge in [-0.15, -0.1) is 0 Å². The lowest BCUT2D eigenvalue weighted by Crippen LogP contribution is -2.29. The molecular formula is C18H23BrN4O. The molecule has 1 fully saturated rings. The lowest BCUT2D eigenvalue weighted by atomic mass is 10.1. The molecule has 0 bridgehead atoms. The first-order valence-corrected chi connectivity index (χ1v) is 9.15. The maximum atomic E-state index is 12.4. The van der Waals surface area contributed by atoms with Crippen LogP contribution in [0.15, 0.2) is 28.7 Å². The Morgan fingerprint density at radius 3 is 2.46 bits per heavy atom. The van der Waals surface area contributed by atoms with E-state index in [1.165, 1.54) is 37.9 Å². The Morgan fingerprint density at radius 1 is 1.21 bits per heavy atom. The van der Waals surface area contributed by atoms with Crippen LogP contribution in [0.4, 0.5) is 5.69 Å². The average molecular weight is 391 g/mol. The van der Waals surface area contributed by atoms with Gasteiger partial charge < -0.3 is 5.32 Å². The van der Waals surface area contributed by atoms with Crippen molar-refractivity contribution < 1.29 is 4.79 Å². The number of likely N-dealkylation sites (tertiary alicyclic amines) is 1. The highest BCUT2D eigenvalue weighted by Gasteiger charge is 2.18. The summed E-state index contributed by atoms with van der Waals surface area (Å²) in [5.74, 6) is -0.200. The summed E-state index contributed by atoms with van der Waals surface area (Å²) in [6.45, 7) is 5.28. The Balaban J connectivity index is 1.63. The van der Waals surface area contributed by atoms with Crippen molar-refractivity contribution in [3.63, 3.8) is 0 Å². The number of nitrogens with zero attached hydrogens (tertiary/aromatic N) is 3. The molecule has 0 unspecified atom stereocenters. The number of carbonyl (C=O) groups excluding carboxylic acids is 1. The van der Waals surface area contributed by atoms with Crippen LogP contribution in [0.1, 0.15) is 41.0 Å². The first-order valence-electron chi connectivity index (χ1n) is 8.36. The number of hydrogen-bond acceptors (Lipinski definition) is 3. The molecule has 2 heterocycles. The molecule has 1 amide bonds. The molecule has 5 nitrogen and oxygen atoms in total. The Morgan fingerprint density at radius 2 is 1.88 bits per heavy atom. The van der Waals surface area contributed by atoms with Crippen LogP contribution in [0.5, 0.6) is 0 Å². The summed E-state index contributed by atoms with van der Waals surface area (Å²) in [6, 6.07) is 8.09. The van der Waals surface area contributed by atoms with E-state index in [0.717, 1.165) is 22.4 Å². The summed E-state index contributed by atoms with van der Waals surface area (Å²) in [5, 5.41) is 7.16. The third kappa shape index (κ3) is 3.87. The molecule has 0 atom stereocenters.